The number of allylic oxidation sites excluding steroid dienone is 2. The van der Waals surface area contributed by atoms with Crippen LogP contribution in [0.15, 0.2) is 23.3 Å². The van der Waals surface area contributed by atoms with Gasteiger partial charge in [0.15, 0.2) is 0 Å². The number of hydrogen-bond donors (Lipinski definition) is 2. The summed E-state index contributed by atoms with van der Waals surface area (Å²) in [6.45, 7) is 13.1. The van der Waals surface area contributed by atoms with E-state index >= 15 is 4.79 Å². The first kappa shape index (κ1) is 33.5. The molecule has 16 unspecified atom stereocenters. The number of aliphatic hydroxyl groups is 2. The molecule has 0 heterocycles. The number of hydrogen-bond acceptors (Lipinski definition) is 5. The van der Waals surface area contributed by atoms with Gasteiger partial charge in [-0.25, -0.2) is 0 Å². The van der Waals surface area contributed by atoms with Crippen molar-refractivity contribution in [2.75, 3.05) is 0 Å². The Labute approximate surface area is 289 Å². The highest BCUT2D eigenvalue weighted by Crippen LogP contribution is 2.70. The van der Waals surface area contributed by atoms with Crippen molar-refractivity contribution < 1.29 is 24.6 Å². The van der Waals surface area contributed by atoms with E-state index in [1.807, 2.05) is 0 Å². The maximum absolute atomic E-state index is 15.6. The standard InChI is InChI=1S/C43H62O5/c1-23(44)31-11-13-33-29-9-7-25-19-27(46)21-37(42(25,5)35(29)15-17-40(31,33)3)39(48)38-22-28(47)20-26-8-10-30-34-14-12-32(24(2)45)41(34,4)18-16-36(30)43(26,38)6/h7-8,27-38,46-47H,9-22H2,1-6H3. The molecule has 6 fully saturated rings. The van der Waals surface area contributed by atoms with E-state index in [1.165, 1.54) is 11.1 Å². The smallest absolute Gasteiger partial charge is 0.140 e. The van der Waals surface area contributed by atoms with Crippen molar-refractivity contribution in [3.05, 3.63) is 23.3 Å². The van der Waals surface area contributed by atoms with Gasteiger partial charge in [-0.1, -0.05) is 51.0 Å². The van der Waals surface area contributed by atoms with Gasteiger partial charge >= 0.3 is 0 Å². The van der Waals surface area contributed by atoms with E-state index in [0.717, 1.165) is 64.2 Å². The fourth-order valence-corrected chi connectivity index (χ4v) is 15.9. The van der Waals surface area contributed by atoms with E-state index in [0.29, 0.717) is 78.5 Å². The second-order valence-corrected chi connectivity index (χ2v) is 19.5. The van der Waals surface area contributed by atoms with Crippen LogP contribution in [0.2, 0.25) is 0 Å². The van der Waals surface area contributed by atoms with Crippen molar-refractivity contribution in [3.8, 4) is 0 Å². The van der Waals surface area contributed by atoms with Gasteiger partial charge in [-0.2, -0.15) is 0 Å². The molecule has 5 heteroatoms. The molecule has 48 heavy (non-hydrogen) atoms. The molecule has 0 spiro atoms. The fourth-order valence-electron chi connectivity index (χ4n) is 15.9. The molecular weight excluding hydrogens is 596 g/mol. The number of aliphatic hydroxyl groups excluding tert-OH is 2. The first-order chi connectivity index (χ1) is 22.7. The molecule has 0 aromatic heterocycles. The minimum atomic E-state index is -0.509. The minimum Gasteiger partial charge on any atom is -0.393 e. The highest BCUT2D eigenvalue weighted by molar-refractivity contribution is 5.87. The van der Waals surface area contributed by atoms with Gasteiger partial charge in [0.2, 0.25) is 0 Å². The van der Waals surface area contributed by atoms with E-state index in [2.05, 4.69) is 39.8 Å². The fraction of sp³-hybridized carbons (Fsp3) is 0.837. The van der Waals surface area contributed by atoms with Crippen molar-refractivity contribution in [3.63, 3.8) is 0 Å². The summed E-state index contributed by atoms with van der Waals surface area (Å²) in [4.78, 5) is 41.2. The molecule has 0 aromatic rings. The average Bonchev–Trinajstić information content (AvgIpc) is 3.58. The van der Waals surface area contributed by atoms with E-state index in [1.54, 1.807) is 13.8 Å². The van der Waals surface area contributed by atoms with Crippen LogP contribution >= 0.6 is 0 Å². The number of carbonyl (C=O) groups excluding carboxylic acids is 3. The summed E-state index contributed by atoms with van der Waals surface area (Å²) in [5.74, 6) is 3.53. The summed E-state index contributed by atoms with van der Waals surface area (Å²) in [6, 6.07) is 0. The Bertz CT molecular complexity index is 1350. The molecule has 6 saturated carbocycles. The Morgan fingerprint density at radius 3 is 1.35 bits per heavy atom. The van der Waals surface area contributed by atoms with Crippen LogP contribution in [-0.2, 0) is 14.4 Å². The lowest BCUT2D eigenvalue weighted by molar-refractivity contribution is -0.152. The Kier molecular flexibility index (Phi) is 7.83. The topological polar surface area (TPSA) is 91.7 Å². The van der Waals surface area contributed by atoms with Crippen LogP contribution in [0.5, 0.6) is 0 Å². The first-order valence-corrected chi connectivity index (χ1v) is 19.9. The first-order valence-electron chi connectivity index (χ1n) is 19.9. The summed E-state index contributed by atoms with van der Waals surface area (Å²) in [7, 11) is 0. The summed E-state index contributed by atoms with van der Waals surface area (Å²) < 4.78 is 0. The second-order valence-electron chi connectivity index (χ2n) is 19.5. The van der Waals surface area contributed by atoms with Crippen LogP contribution < -0.4 is 0 Å². The van der Waals surface area contributed by atoms with Crippen molar-refractivity contribution in [2.45, 2.75) is 144 Å². The van der Waals surface area contributed by atoms with E-state index < -0.39 is 12.2 Å². The quantitative estimate of drug-likeness (QED) is 0.298. The second kappa shape index (κ2) is 11.2. The lowest BCUT2D eigenvalue weighted by Gasteiger charge is -2.62. The Hall–Kier alpha value is -1.59. The lowest BCUT2D eigenvalue weighted by atomic mass is 9.41. The average molecular weight is 659 g/mol. The van der Waals surface area contributed by atoms with Gasteiger partial charge in [-0.15, -0.1) is 0 Å². The number of rotatable bonds is 4. The summed E-state index contributed by atoms with van der Waals surface area (Å²) in [5.41, 5.74) is 2.13. The van der Waals surface area contributed by atoms with E-state index in [-0.39, 0.29) is 45.3 Å². The SMILES string of the molecule is CC(=O)C1CCC2C3CC=C4CC(O)CC(C(=O)C5CC(O)CC6=CCC7C8CCC(C(C)=O)C8(C)CCC7C65C)C4(C)C3CCC12C. The third-order valence-electron chi connectivity index (χ3n) is 18.1. The molecule has 0 saturated heterocycles. The monoisotopic (exact) mass is 658 g/mol. The van der Waals surface area contributed by atoms with E-state index in [9.17, 15) is 19.8 Å². The molecule has 2 N–H and O–H groups in total. The van der Waals surface area contributed by atoms with Crippen LogP contribution in [-0.4, -0.2) is 39.8 Å². The molecule has 8 aliphatic carbocycles. The van der Waals surface area contributed by atoms with Gasteiger partial charge in [-0.3, -0.25) is 14.4 Å². The Morgan fingerprint density at radius 2 is 0.979 bits per heavy atom. The molecule has 8 aliphatic rings. The van der Waals surface area contributed by atoms with Crippen molar-refractivity contribution in [2.24, 2.45) is 80.8 Å². The van der Waals surface area contributed by atoms with Gasteiger partial charge in [0.25, 0.3) is 0 Å². The van der Waals surface area contributed by atoms with Crippen LogP contribution in [0.25, 0.3) is 0 Å². The molecule has 0 aromatic carbocycles. The highest BCUT2D eigenvalue weighted by Gasteiger charge is 2.66. The maximum Gasteiger partial charge on any atom is 0.140 e. The Morgan fingerprint density at radius 1 is 0.583 bits per heavy atom. The van der Waals surface area contributed by atoms with Crippen LogP contribution in [0.3, 0.4) is 0 Å². The van der Waals surface area contributed by atoms with Gasteiger partial charge in [-0.05, 0) is 150 Å². The predicted molar refractivity (Wildman–Crippen MR) is 187 cm³/mol. The third kappa shape index (κ3) is 4.37. The van der Waals surface area contributed by atoms with Crippen LogP contribution in [0.4, 0.5) is 0 Å². The third-order valence-corrected chi connectivity index (χ3v) is 18.1. The Balaban J connectivity index is 1.15. The number of carbonyl (C=O) groups is 3. The van der Waals surface area contributed by atoms with Crippen LogP contribution in [0.1, 0.15) is 131 Å². The van der Waals surface area contributed by atoms with Gasteiger partial charge in [0.1, 0.15) is 17.3 Å². The number of Topliss-reactive ketones (excluding diaryl/α,β-unsaturated/α-hetero) is 3. The molecule has 5 nitrogen and oxygen atoms in total. The van der Waals surface area contributed by atoms with Gasteiger partial charge in [0.05, 0.1) is 12.2 Å². The minimum absolute atomic E-state index is 0.0528. The predicted octanol–water partition coefficient (Wildman–Crippen LogP) is 8.07. The molecule has 0 radical (unpaired) electrons. The van der Waals surface area contributed by atoms with Crippen molar-refractivity contribution in [1.82, 2.24) is 0 Å². The molecule has 0 bridgehead atoms. The summed E-state index contributed by atoms with van der Waals surface area (Å²) in [5, 5.41) is 22.8. The highest BCUT2D eigenvalue weighted by atomic mass is 16.3. The molecule has 264 valence electrons. The zero-order chi connectivity index (χ0) is 34.1. The lowest BCUT2D eigenvalue weighted by Crippen LogP contribution is -2.59. The molecule has 0 amide bonds. The zero-order valence-corrected chi connectivity index (χ0v) is 30.6. The zero-order valence-electron chi connectivity index (χ0n) is 30.6. The van der Waals surface area contributed by atoms with E-state index in [4.69, 9.17) is 0 Å². The summed E-state index contributed by atoms with van der Waals surface area (Å²) >= 11 is 0. The number of ketones is 3. The van der Waals surface area contributed by atoms with Gasteiger partial charge in [0, 0.05) is 34.5 Å². The molecular formula is C43H62O5. The normalized spacial score (nSPS) is 53.9. The van der Waals surface area contributed by atoms with Crippen LogP contribution in [0, 0.1) is 80.8 Å². The number of fused-ring (bicyclic) bond motifs is 10. The molecule has 0 aliphatic heterocycles. The van der Waals surface area contributed by atoms with Gasteiger partial charge < -0.3 is 10.2 Å². The molecule has 8 rings (SSSR count). The molecule has 16 atom stereocenters. The van der Waals surface area contributed by atoms with Crippen molar-refractivity contribution in [1.29, 1.82) is 0 Å². The van der Waals surface area contributed by atoms with Crippen molar-refractivity contribution >= 4 is 17.3 Å². The maximum atomic E-state index is 15.6. The summed E-state index contributed by atoms with van der Waals surface area (Å²) in [6.07, 6.45) is 16.6. The largest absolute Gasteiger partial charge is 0.393 e.